The Bertz CT molecular complexity index is 726. The first kappa shape index (κ1) is 20.8. The van der Waals surface area contributed by atoms with Gasteiger partial charge >= 0.3 is 0 Å². The van der Waals surface area contributed by atoms with Crippen molar-refractivity contribution >= 4 is 11.6 Å². The molecule has 7 heteroatoms. The van der Waals surface area contributed by atoms with E-state index in [1.807, 2.05) is 0 Å². The molecule has 2 aromatic rings. The summed E-state index contributed by atoms with van der Waals surface area (Å²) >= 11 is 0. The van der Waals surface area contributed by atoms with Crippen LogP contribution in [0.15, 0.2) is 24.3 Å². The van der Waals surface area contributed by atoms with Crippen molar-refractivity contribution in [3.8, 4) is 11.5 Å². The fourth-order valence-electron chi connectivity index (χ4n) is 2.76. The summed E-state index contributed by atoms with van der Waals surface area (Å²) in [6, 6.07) is 7.13. The van der Waals surface area contributed by atoms with E-state index >= 15 is 0 Å². The van der Waals surface area contributed by atoms with Crippen LogP contribution in [-0.4, -0.2) is 54.4 Å². The number of anilines is 1. The highest BCUT2D eigenvalue weighted by molar-refractivity contribution is 6.03. The molecule has 0 saturated heterocycles. The summed E-state index contributed by atoms with van der Waals surface area (Å²) in [7, 11) is 1.60. The monoisotopic (exact) mass is 374 g/mol. The molecule has 0 aliphatic heterocycles. The number of aryl methyl sites for hydroxylation is 1. The predicted molar refractivity (Wildman–Crippen MR) is 107 cm³/mol. The second kappa shape index (κ2) is 10.6. The van der Waals surface area contributed by atoms with Crippen molar-refractivity contribution in [3.05, 3.63) is 35.7 Å². The van der Waals surface area contributed by atoms with Crippen molar-refractivity contribution in [1.29, 1.82) is 0 Å². The number of amides is 1. The molecule has 0 bridgehead atoms. The molecule has 0 saturated carbocycles. The van der Waals surface area contributed by atoms with Crippen molar-refractivity contribution in [2.24, 2.45) is 0 Å². The number of benzene rings is 1. The molecular formula is C20H30N4O3. The van der Waals surface area contributed by atoms with E-state index in [1.54, 1.807) is 31.4 Å². The Morgan fingerprint density at radius 1 is 1.19 bits per heavy atom. The number of ether oxygens (including phenoxy) is 2. The van der Waals surface area contributed by atoms with Crippen molar-refractivity contribution in [3.63, 3.8) is 0 Å². The summed E-state index contributed by atoms with van der Waals surface area (Å²) in [5, 5.41) is 9.83. The average molecular weight is 374 g/mol. The Balaban J connectivity index is 2.03. The third kappa shape index (κ3) is 5.99. The zero-order valence-electron chi connectivity index (χ0n) is 16.7. The van der Waals surface area contributed by atoms with Crippen LogP contribution < -0.4 is 14.8 Å². The quantitative estimate of drug-likeness (QED) is 0.631. The maximum Gasteiger partial charge on any atom is 0.276 e. The molecule has 0 radical (unpaired) electrons. The number of hydrogen-bond donors (Lipinski definition) is 2. The van der Waals surface area contributed by atoms with Crippen LogP contribution >= 0.6 is 0 Å². The number of rotatable bonds is 11. The van der Waals surface area contributed by atoms with Crippen molar-refractivity contribution in [2.75, 3.05) is 38.7 Å². The summed E-state index contributed by atoms with van der Waals surface area (Å²) in [6.07, 6.45) is 1.86. The molecule has 0 aliphatic rings. The number of methoxy groups -OCH3 is 1. The van der Waals surface area contributed by atoms with Crippen LogP contribution in [0, 0.1) is 0 Å². The minimum atomic E-state index is -0.257. The summed E-state index contributed by atoms with van der Waals surface area (Å²) < 4.78 is 11.2. The molecule has 27 heavy (non-hydrogen) atoms. The number of nitrogens with zero attached hydrogens (tertiary/aromatic N) is 2. The van der Waals surface area contributed by atoms with Gasteiger partial charge in [-0.25, -0.2) is 0 Å². The number of aromatic nitrogens is 2. The van der Waals surface area contributed by atoms with Crippen molar-refractivity contribution < 1.29 is 14.3 Å². The lowest BCUT2D eigenvalue weighted by molar-refractivity contribution is 0.102. The number of carbonyl (C=O) groups excluding carboxylic acids is 1. The summed E-state index contributed by atoms with van der Waals surface area (Å²) in [5.74, 6) is 0.988. The number of nitrogens with one attached hydrogen (secondary N) is 2. The van der Waals surface area contributed by atoms with Gasteiger partial charge in [0, 0.05) is 24.0 Å². The highest BCUT2D eigenvalue weighted by Crippen LogP contribution is 2.30. The lowest BCUT2D eigenvalue weighted by Gasteiger charge is -2.19. The molecule has 7 nitrogen and oxygen atoms in total. The first-order valence-electron chi connectivity index (χ1n) is 9.50. The van der Waals surface area contributed by atoms with Crippen LogP contribution in [0.25, 0.3) is 0 Å². The zero-order valence-corrected chi connectivity index (χ0v) is 16.7. The fourth-order valence-corrected chi connectivity index (χ4v) is 2.76. The van der Waals surface area contributed by atoms with Crippen LogP contribution in [-0.2, 0) is 6.42 Å². The largest absolute Gasteiger partial charge is 0.493 e. The number of hydrogen-bond acceptors (Lipinski definition) is 5. The first-order chi connectivity index (χ1) is 13.1. The highest BCUT2D eigenvalue weighted by Gasteiger charge is 2.13. The molecule has 148 valence electrons. The van der Waals surface area contributed by atoms with E-state index in [2.05, 4.69) is 41.2 Å². The molecule has 0 fully saturated rings. The topological polar surface area (TPSA) is 79.5 Å². The maximum atomic E-state index is 12.4. The van der Waals surface area contributed by atoms with E-state index in [9.17, 15) is 4.79 Å². The second-order valence-corrected chi connectivity index (χ2v) is 6.22. The minimum absolute atomic E-state index is 0.257. The normalized spacial score (nSPS) is 10.9. The molecule has 0 atom stereocenters. The number of likely N-dealkylation sites (N-methyl/N-ethyl adjacent to an activating group) is 1. The highest BCUT2D eigenvalue weighted by atomic mass is 16.5. The SMILES string of the molecule is CCCc1cc(C(=O)Nc2ccc(OC)c(OCCN(CC)CC)c2)n[nH]1. The van der Waals surface area contributed by atoms with E-state index in [4.69, 9.17) is 9.47 Å². The number of carbonyl (C=O) groups is 1. The lowest BCUT2D eigenvalue weighted by Crippen LogP contribution is -2.28. The molecule has 0 spiro atoms. The molecule has 0 unspecified atom stereocenters. The van der Waals surface area contributed by atoms with Crippen LogP contribution in [0.4, 0.5) is 5.69 Å². The number of H-pyrrole nitrogens is 1. The van der Waals surface area contributed by atoms with Gasteiger partial charge in [0.2, 0.25) is 0 Å². The smallest absolute Gasteiger partial charge is 0.276 e. The van der Waals surface area contributed by atoms with Crippen LogP contribution in [0.3, 0.4) is 0 Å². The van der Waals surface area contributed by atoms with Crippen LogP contribution in [0.5, 0.6) is 11.5 Å². The Morgan fingerprint density at radius 3 is 2.63 bits per heavy atom. The Hall–Kier alpha value is -2.54. The Labute approximate surface area is 161 Å². The van der Waals surface area contributed by atoms with Gasteiger partial charge in [0.25, 0.3) is 5.91 Å². The number of aromatic amines is 1. The summed E-state index contributed by atoms with van der Waals surface area (Å²) in [4.78, 5) is 14.7. The van der Waals surface area contributed by atoms with Crippen molar-refractivity contribution in [1.82, 2.24) is 15.1 Å². The van der Waals surface area contributed by atoms with E-state index in [-0.39, 0.29) is 5.91 Å². The molecule has 1 amide bonds. The molecule has 2 N–H and O–H groups in total. The minimum Gasteiger partial charge on any atom is -0.493 e. The first-order valence-corrected chi connectivity index (χ1v) is 9.50. The zero-order chi connectivity index (χ0) is 19.6. The molecule has 1 aromatic carbocycles. The third-order valence-corrected chi connectivity index (χ3v) is 4.36. The van der Waals surface area contributed by atoms with Gasteiger partial charge in [-0.05, 0) is 37.7 Å². The van der Waals surface area contributed by atoms with Gasteiger partial charge in [-0.15, -0.1) is 0 Å². The van der Waals surface area contributed by atoms with Gasteiger partial charge in [0.1, 0.15) is 6.61 Å². The third-order valence-electron chi connectivity index (χ3n) is 4.36. The van der Waals surface area contributed by atoms with Crippen LogP contribution in [0.1, 0.15) is 43.4 Å². The summed E-state index contributed by atoms with van der Waals surface area (Å²) in [5.41, 5.74) is 1.97. The fraction of sp³-hybridized carbons (Fsp3) is 0.500. The van der Waals surface area contributed by atoms with Gasteiger partial charge in [-0.3, -0.25) is 9.89 Å². The molecule has 2 rings (SSSR count). The Kier molecular flexibility index (Phi) is 8.13. The van der Waals surface area contributed by atoms with Gasteiger partial charge < -0.3 is 19.7 Å². The van der Waals surface area contributed by atoms with Gasteiger partial charge in [-0.1, -0.05) is 27.2 Å². The lowest BCUT2D eigenvalue weighted by atomic mass is 10.2. The van der Waals surface area contributed by atoms with E-state index in [0.717, 1.165) is 38.2 Å². The van der Waals surface area contributed by atoms with Gasteiger partial charge in [-0.2, -0.15) is 5.10 Å². The Morgan fingerprint density at radius 2 is 1.96 bits per heavy atom. The predicted octanol–water partition coefficient (Wildman–Crippen LogP) is 3.34. The average Bonchev–Trinajstić information content (AvgIpc) is 3.14. The molecule has 1 heterocycles. The van der Waals surface area contributed by atoms with Gasteiger partial charge in [0.15, 0.2) is 17.2 Å². The van der Waals surface area contributed by atoms with Crippen molar-refractivity contribution in [2.45, 2.75) is 33.6 Å². The van der Waals surface area contributed by atoms with E-state index < -0.39 is 0 Å². The summed E-state index contributed by atoms with van der Waals surface area (Å²) in [6.45, 7) is 9.69. The second-order valence-electron chi connectivity index (χ2n) is 6.22. The standard InChI is InChI=1S/C20H30N4O3/c1-5-8-16-13-17(23-22-16)20(25)21-15-9-10-18(26-4)19(14-15)27-12-11-24(6-2)7-3/h9-10,13-14H,5-8,11-12H2,1-4H3,(H,21,25)(H,22,23). The molecular weight excluding hydrogens is 344 g/mol. The van der Waals surface area contributed by atoms with E-state index in [1.165, 1.54) is 0 Å². The molecule has 1 aromatic heterocycles. The van der Waals surface area contributed by atoms with Crippen LogP contribution in [0.2, 0.25) is 0 Å². The molecule has 0 aliphatic carbocycles. The maximum absolute atomic E-state index is 12.4. The van der Waals surface area contributed by atoms with E-state index in [0.29, 0.717) is 29.5 Å². The van der Waals surface area contributed by atoms with Gasteiger partial charge in [0.05, 0.1) is 7.11 Å².